The second kappa shape index (κ2) is 8.26. The van der Waals surface area contributed by atoms with Crippen molar-refractivity contribution in [2.75, 3.05) is 42.9 Å². The topological polar surface area (TPSA) is 35.6 Å². The Kier molecular flexibility index (Phi) is 5.82. The summed E-state index contributed by atoms with van der Waals surface area (Å²) in [7, 11) is 0. The normalized spacial score (nSPS) is 14.4. The van der Waals surface area contributed by atoms with Gasteiger partial charge in [-0.1, -0.05) is 24.3 Å². The highest BCUT2D eigenvalue weighted by Gasteiger charge is 2.21. The lowest BCUT2D eigenvalue weighted by Crippen LogP contribution is -2.49. The van der Waals surface area contributed by atoms with E-state index in [1.54, 1.807) is 0 Å². The number of rotatable bonds is 5. The molecule has 0 saturated carbocycles. The first kappa shape index (κ1) is 18.3. The Morgan fingerprint density at radius 2 is 1.69 bits per heavy atom. The van der Waals surface area contributed by atoms with Crippen LogP contribution in [0.3, 0.4) is 0 Å². The number of amides is 1. The molecule has 26 heavy (non-hydrogen) atoms. The van der Waals surface area contributed by atoms with Crippen molar-refractivity contribution in [1.82, 2.24) is 4.90 Å². The van der Waals surface area contributed by atoms with Crippen molar-refractivity contribution in [2.45, 2.75) is 27.2 Å². The molecule has 1 amide bonds. The summed E-state index contributed by atoms with van der Waals surface area (Å²) in [5.74, 6) is 0.242. The van der Waals surface area contributed by atoms with Gasteiger partial charge in [0.2, 0.25) is 5.91 Å². The van der Waals surface area contributed by atoms with Crippen molar-refractivity contribution in [1.29, 1.82) is 0 Å². The maximum atomic E-state index is 12.5. The number of anilines is 2. The van der Waals surface area contributed by atoms with Crippen LogP contribution in [0.1, 0.15) is 23.1 Å². The summed E-state index contributed by atoms with van der Waals surface area (Å²) in [5, 5.41) is 3.41. The van der Waals surface area contributed by atoms with Gasteiger partial charge in [0.15, 0.2) is 0 Å². The Bertz CT molecular complexity index is 764. The van der Waals surface area contributed by atoms with E-state index in [2.05, 4.69) is 73.5 Å². The molecule has 1 N–H and O–H groups in total. The number of aryl methyl sites for hydroxylation is 3. The van der Waals surface area contributed by atoms with E-state index in [1.807, 2.05) is 4.90 Å². The smallest absolute Gasteiger partial charge is 0.224 e. The molecule has 4 heteroatoms. The molecule has 3 rings (SSSR count). The number of piperazine rings is 1. The van der Waals surface area contributed by atoms with Crippen LogP contribution in [-0.4, -0.2) is 43.5 Å². The van der Waals surface area contributed by atoms with Crippen molar-refractivity contribution in [3.8, 4) is 0 Å². The molecule has 4 nitrogen and oxygen atoms in total. The third-order valence-corrected chi connectivity index (χ3v) is 5.05. The molecule has 0 aliphatic carbocycles. The second-order valence-electron chi connectivity index (χ2n) is 7.20. The summed E-state index contributed by atoms with van der Waals surface area (Å²) >= 11 is 0. The molecule has 0 atom stereocenters. The van der Waals surface area contributed by atoms with Crippen molar-refractivity contribution in [3.05, 3.63) is 59.2 Å². The van der Waals surface area contributed by atoms with E-state index in [1.165, 1.54) is 22.4 Å². The molecule has 138 valence electrons. The minimum Gasteiger partial charge on any atom is -0.384 e. The van der Waals surface area contributed by atoms with Crippen LogP contribution in [0.2, 0.25) is 0 Å². The van der Waals surface area contributed by atoms with Crippen LogP contribution in [0.4, 0.5) is 11.4 Å². The first-order valence-corrected chi connectivity index (χ1v) is 9.43. The number of nitrogens with one attached hydrogen (secondary N) is 1. The van der Waals surface area contributed by atoms with Gasteiger partial charge in [-0.3, -0.25) is 4.79 Å². The van der Waals surface area contributed by atoms with Gasteiger partial charge in [0.05, 0.1) is 0 Å². The van der Waals surface area contributed by atoms with E-state index in [0.717, 1.165) is 31.9 Å². The zero-order chi connectivity index (χ0) is 18.5. The molecule has 0 radical (unpaired) electrons. The Labute approximate surface area is 156 Å². The van der Waals surface area contributed by atoms with Gasteiger partial charge in [0.1, 0.15) is 0 Å². The molecular weight excluding hydrogens is 322 g/mol. The molecule has 0 unspecified atom stereocenters. The minimum atomic E-state index is 0.242. The summed E-state index contributed by atoms with van der Waals surface area (Å²) in [6.07, 6.45) is 0.540. The van der Waals surface area contributed by atoms with E-state index in [9.17, 15) is 4.79 Å². The van der Waals surface area contributed by atoms with Crippen molar-refractivity contribution < 1.29 is 4.79 Å². The Morgan fingerprint density at radius 3 is 2.42 bits per heavy atom. The van der Waals surface area contributed by atoms with E-state index in [4.69, 9.17) is 0 Å². The fourth-order valence-corrected chi connectivity index (χ4v) is 3.43. The summed E-state index contributed by atoms with van der Waals surface area (Å²) in [6, 6.07) is 14.9. The van der Waals surface area contributed by atoms with E-state index >= 15 is 0 Å². The number of carbonyl (C=O) groups is 1. The third kappa shape index (κ3) is 4.57. The first-order valence-electron chi connectivity index (χ1n) is 9.43. The van der Waals surface area contributed by atoms with Gasteiger partial charge in [0.25, 0.3) is 0 Å². The van der Waals surface area contributed by atoms with Crippen LogP contribution in [-0.2, 0) is 4.79 Å². The van der Waals surface area contributed by atoms with Gasteiger partial charge in [-0.25, -0.2) is 0 Å². The molecule has 0 aromatic heterocycles. The average molecular weight is 351 g/mol. The van der Waals surface area contributed by atoms with Crippen molar-refractivity contribution in [3.63, 3.8) is 0 Å². The highest BCUT2D eigenvalue weighted by Crippen LogP contribution is 2.19. The summed E-state index contributed by atoms with van der Waals surface area (Å²) in [4.78, 5) is 16.9. The molecular formula is C22H29N3O. The number of carbonyl (C=O) groups excluding carboxylic acids is 1. The molecule has 1 fully saturated rings. The maximum absolute atomic E-state index is 12.5. The summed E-state index contributed by atoms with van der Waals surface area (Å²) in [5.41, 5.74) is 6.11. The van der Waals surface area contributed by atoms with Gasteiger partial charge in [-0.2, -0.15) is 0 Å². The zero-order valence-electron chi connectivity index (χ0n) is 16.1. The highest BCUT2D eigenvalue weighted by molar-refractivity contribution is 5.77. The summed E-state index contributed by atoms with van der Waals surface area (Å²) < 4.78 is 0. The number of benzene rings is 2. The standard InChI is InChI=1S/C22H29N3O/c1-17-5-4-6-20(15-17)24-11-13-25(14-12-24)22(26)9-10-23-21-16-18(2)7-8-19(21)3/h4-8,15-16,23H,9-14H2,1-3H3. The molecule has 0 spiro atoms. The van der Waals surface area contributed by atoms with E-state index in [-0.39, 0.29) is 5.91 Å². The quantitative estimate of drug-likeness (QED) is 0.891. The molecule has 1 saturated heterocycles. The SMILES string of the molecule is Cc1cccc(N2CCN(C(=O)CCNc3cc(C)ccc3C)CC2)c1. The lowest BCUT2D eigenvalue weighted by molar-refractivity contribution is -0.131. The Hall–Kier alpha value is -2.49. The Balaban J connectivity index is 1.46. The van der Waals surface area contributed by atoms with Crippen LogP contribution in [0.25, 0.3) is 0 Å². The van der Waals surface area contributed by atoms with Crippen LogP contribution in [0.5, 0.6) is 0 Å². The fourth-order valence-electron chi connectivity index (χ4n) is 3.43. The van der Waals surface area contributed by atoms with Gasteiger partial charge < -0.3 is 15.1 Å². The Morgan fingerprint density at radius 1 is 0.962 bits per heavy atom. The highest BCUT2D eigenvalue weighted by atomic mass is 16.2. The molecule has 0 bridgehead atoms. The van der Waals surface area contributed by atoms with Gasteiger partial charge in [-0.15, -0.1) is 0 Å². The van der Waals surface area contributed by atoms with Gasteiger partial charge in [-0.05, 0) is 55.7 Å². The predicted octanol–water partition coefficient (Wildman–Crippen LogP) is 3.76. The molecule has 1 heterocycles. The third-order valence-electron chi connectivity index (χ3n) is 5.05. The fraction of sp³-hybridized carbons (Fsp3) is 0.409. The van der Waals surface area contributed by atoms with E-state index in [0.29, 0.717) is 13.0 Å². The average Bonchev–Trinajstić information content (AvgIpc) is 2.64. The largest absolute Gasteiger partial charge is 0.384 e. The van der Waals surface area contributed by atoms with Crippen LogP contribution in [0.15, 0.2) is 42.5 Å². The monoisotopic (exact) mass is 351 g/mol. The summed E-state index contributed by atoms with van der Waals surface area (Å²) in [6.45, 7) is 10.4. The van der Waals surface area contributed by atoms with Crippen LogP contribution < -0.4 is 10.2 Å². The zero-order valence-corrected chi connectivity index (χ0v) is 16.1. The van der Waals surface area contributed by atoms with E-state index < -0.39 is 0 Å². The second-order valence-corrected chi connectivity index (χ2v) is 7.20. The first-order chi connectivity index (χ1) is 12.5. The van der Waals surface area contributed by atoms with Gasteiger partial charge >= 0.3 is 0 Å². The number of hydrogen-bond donors (Lipinski definition) is 1. The lowest BCUT2D eigenvalue weighted by atomic mass is 10.1. The van der Waals surface area contributed by atoms with Gasteiger partial charge in [0, 0.05) is 50.5 Å². The number of nitrogens with zero attached hydrogens (tertiary/aromatic N) is 2. The lowest BCUT2D eigenvalue weighted by Gasteiger charge is -2.36. The molecule has 2 aromatic rings. The van der Waals surface area contributed by atoms with Crippen molar-refractivity contribution >= 4 is 17.3 Å². The van der Waals surface area contributed by atoms with Crippen molar-refractivity contribution in [2.24, 2.45) is 0 Å². The van der Waals surface area contributed by atoms with Crippen LogP contribution >= 0.6 is 0 Å². The maximum Gasteiger partial charge on any atom is 0.224 e. The molecule has 1 aliphatic heterocycles. The van der Waals surface area contributed by atoms with Crippen LogP contribution in [0, 0.1) is 20.8 Å². The molecule has 2 aromatic carbocycles. The molecule has 1 aliphatic rings. The number of hydrogen-bond acceptors (Lipinski definition) is 3. The predicted molar refractivity (Wildman–Crippen MR) is 109 cm³/mol. The minimum absolute atomic E-state index is 0.242.